The Bertz CT molecular complexity index is 312. The van der Waals surface area contributed by atoms with Crippen molar-refractivity contribution < 1.29 is 4.79 Å². The van der Waals surface area contributed by atoms with E-state index >= 15 is 0 Å². The van der Waals surface area contributed by atoms with Gasteiger partial charge in [0.2, 0.25) is 0 Å². The highest BCUT2D eigenvalue weighted by Gasteiger charge is 2.05. The SMILES string of the molecule is NCCCC(=O)Cc1cccnc1N. The van der Waals surface area contributed by atoms with Crippen molar-refractivity contribution in [3.8, 4) is 0 Å². The van der Waals surface area contributed by atoms with E-state index in [1.54, 1.807) is 12.3 Å². The van der Waals surface area contributed by atoms with Gasteiger partial charge in [-0.2, -0.15) is 0 Å². The standard InChI is InChI=1S/C10H15N3O/c11-5-1-4-9(14)7-8-3-2-6-13-10(8)12/h2-3,6H,1,4-5,7,11H2,(H2,12,13). The molecule has 4 nitrogen and oxygen atoms in total. The van der Waals surface area contributed by atoms with E-state index in [9.17, 15) is 4.79 Å². The van der Waals surface area contributed by atoms with Crippen LogP contribution < -0.4 is 11.5 Å². The van der Waals surface area contributed by atoms with Gasteiger partial charge in [0.25, 0.3) is 0 Å². The van der Waals surface area contributed by atoms with Crippen molar-refractivity contribution in [3.05, 3.63) is 23.9 Å². The first-order valence-electron chi connectivity index (χ1n) is 4.65. The van der Waals surface area contributed by atoms with Gasteiger partial charge in [0, 0.05) is 24.6 Å². The second kappa shape index (κ2) is 5.34. The predicted molar refractivity (Wildman–Crippen MR) is 55.6 cm³/mol. The van der Waals surface area contributed by atoms with Crippen molar-refractivity contribution >= 4 is 11.6 Å². The molecule has 0 saturated heterocycles. The van der Waals surface area contributed by atoms with Gasteiger partial charge < -0.3 is 11.5 Å². The second-order valence-electron chi connectivity index (χ2n) is 3.16. The molecule has 14 heavy (non-hydrogen) atoms. The molecule has 1 rings (SSSR count). The lowest BCUT2D eigenvalue weighted by atomic mass is 10.1. The minimum absolute atomic E-state index is 0.162. The maximum Gasteiger partial charge on any atom is 0.137 e. The normalized spacial score (nSPS) is 10.1. The molecular formula is C10H15N3O. The lowest BCUT2D eigenvalue weighted by Crippen LogP contribution is -2.08. The Balaban J connectivity index is 2.52. The van der Waals surface area contributed by atoms with Gasteiger partial charge in [0.15, 0.2) is 0 Å². The first-order valence-corrected chi connectivity index (χ1v) is 4.65. The van der Waals surface area contributed by atoms with Crippen molar-refractivity contribution in [1.29, 1.82) is 0 Å². The second-order valence-corrected chi connectivity index (χ2v) is 3.16. The molecule has 1 aromatic heterocycles. The van der Waals surface area contributed by atoms with E-state index in [0.717, 1.165) is 12.0 Å². The van der Waals surface area contributed by atoms with Crippen LogP contribution in [0.2, 0.25) is 0 Å². The fourth-order valence-corrected chi connectivity index (χ4v) is 1.20. The van der Waals surface area contributed by atoms with Gasteiger partial charge in [-0.1, -0.05) is 6.07 Å². The third-order valence-corrected chi connectivity index (χ3v) is 1.97. The summed E-state index contributed by atoms with van der Waals surface area (Å²) in [5.74, 6) is 0.601. The number of nitrogens with zero attached hydrogens (tertiary/aromatic N) is 1. The number of hydrogen-bond donors (Lipinski definition) is 2. The van der Waals surface area contributed by atoms with E-state index in [2.05, 4.69) is 4.98 Å². The van der Waals surface area contributed by atoms with E-state index in [1.807, 2.05) is 6.07 Å². The van der Waals surface area contributed by atoms with Gasteiger partial charge in [-0.25, -0.2) is 4.98 Å². The lowest BCUT2D eigenvalue weighted by molar-refractivity contribution is -0.118. The number of nitrogen functional groups attached to an aromatic ring is 1. The number of anilines is 1. The third kappa shape index (κ3) is 3.14. The summed E-state index contributed by atoms with van der Waals surface area (Å²) in [5, 5.41) is 0. The number of hydrogen-bond acceptors (Lipinski definition) is 4. The van der Waals surface area contributed by atoms with Gasteiger partial charge >= 0.3 is 0 Å². The maximum atomic E-state index is 11.4. The van der Waals surface area contributed by atoms with Gasteiger partial charge in [0.1, 0.15) is 11.6 Å². The Labute approximate surface area is 83.3 Å². The van der Waals surface area contributed by atoms with Crippen LogP contribution in [0.5, 0.6) is 0 Å². The molecule has 0 unspecified atom stereocenters. The molecule has 0 bridgehead atoms. The number of aromatic nitrogens is 1. The van der Waals surface area contributed by atoms with Crippen LogP contribution in [0, 0.1) is 0 Å². The Morgan fingerprint density at radius 1 is 1.50 bits per heavy atom. The number of carbonyl (C=O) groups is 1. The van der Waals surface area contributed by atoms with Crippen molar-refractivity contribution in [3.63, 3.8) is 0 Å². The van der Waals surface area contributed by atoms with Crippen LogP contribution in [0.15, 0.2) is 18.3 Å². The number of Topliss-reactive ketones (excluding diaryl/α,β-unsaturated/α-hetero) is 1. The Hall–Kier alpha value is -1.42. The number of pyridine rings is 1. The molecule has 0 spiro atoms. The summed E-state index contributed by atoms with van der Waals surface area (Å²) < 4.78 is 0. The minimum Gasteiger partial charge on any atom is -0.383 e. The zero-order valence-corrected chi connectivity index (χ0v) is 8.07. The van der Waals surface area contributed by atoms with Gasteiger partial charge in [-0.3, -0.25) is 4.79 Å². The van der Waals surface area contributed by atoms with Gasteiger partial charge in [-0.05, 0) is 19.0 Å². The molecule has 1 heterocycles. The molecular weight excluding hydrogens is 178 g/mol. The summed E-state index contributed by atoms with van der Waals surface area (Å²) >= 11 is 0. The van der Waals surface area contributed by atoms with E-state index < -0.39 is 0 Å². The molecule has 0 amide bonds. The average Bonchev–Trinajstić information content (AvgIpc) is 2.18. The van der Waals surface area contributed by atoms with E-state index in [4.69, 9.17) is 11.5 Å². The summed E-state index contributed by atoms with van der Waals surface area (Å²) in [5.41, 5.74) is 11.7. The van der Waals surface area contributed by atoms with Crippen LogP contribution in [0.4, 0.5) is 5.82 Å². The van der Waals surface area contributed by atoms with Crippen molar-refractivity contribution in [1.82, 2.24) is 4.98 Å². The molecule has 4 N–H and O–H groups in total. The van der Waals surface area contributed by atoms with Crippen molar-refractivity contribution in [2.75, 3.05) is 12.3 Å². The highest BCUT2D eigenvalue weighted by Crippen LogP contribution is 2.09. The summed E-state index contributed by atoms with van der Waals surface area (Å²) in [7, 11) is 0. The fraction of sp³-hybridized carbons (Fsp3) is 0.400. The third-order valence-electron chi connectivity index (χ3n) is 1.97. The molecule has 0 radical (unpaired) electrons. The predicted octanol–water partition coefficient (Wildman–Crippen LogP) is 0.514. The van der Waals surface area contributed by atoms with Crippen LogP contribution in [-0.4, -0.2) is 17.3 Å². The topological polar surface area (TPSA) is 82.0 Å². The summed E-state index contributed by atoms with van der Waals surface area (Å²) in [6.45, 7) is 0.550. The van der Waals surface area contributed by atoms with Crippen LogP contribution in [0.3, 0.4) is 0 Å². The molecule has 76 valence electrons. The van der Waals surface area contributed by atoms with Crippen LogP contribution >= 0.6 is 0 Å². The molecule has 0 aliphatic carbocycles. The van der Waals surface area contributed by atoms with Crippen LogP contribution in [0.1, 0.15) is 18.4 Å². The summed E-state index contributed by atoms with van der Waals surface area (Å²) in [4.78, 5) is 15.3. The van der Waals surface area contributed by atoms with Crippen molar-refractivity contribution in [2.45, 2.75) is 19.3 Å². The summed E-state index contributed by atoms with van der Waals surface area (Å²) in [6, 6.07) is 3.60. The molecule has 1 aromatic rings. The number of rotatable bonds is 5. The number of carbonyl (C=O) groups excluding carboxylic acids is 1. The Morgan fingerprint density at radius 2 is 2.29 bits per heavy atom. The van der Waals surface area contributed by atoms with Crippen LogP contribution in [0.25, 0.3) is 0 Å². The molecule has 0 aromatic carbocycles. The minimum atomic E-state index is 0.162. The van der Waals surface area contributed by atoms with Gasteiger partial charge in [-0.15, -0.1) is 0 Å². The highest BCUT2D eigenvalue weighted by molar-refractivity contribution is 5.81. The van der Waals surface area contributed by atoms with E-state index in [1.165, 1.54) is 0 Å². The zero-order valence-electron chi connectivity index (χ0n) is 8.07. The summed E-state index contributed by atoms with van der Waals surface area (Å²) in [6.07, 6.45) is 3.23. The molecule has 4 heteroatoms. The number of nitrogens with two attached hydrogens (primary N) is 2. The molecule has 0 atom stereocenters. The molecule has 0 fully saturated rings. The van der Waals surface area contributed by atoms with E-state index in [-0.39, 0.29) is 5.78 Å². The molecule has 0 aliphatic heterocycles. The first kappa shape index (κ1) is 10.7. The highest BCUT2D eigenvalue weighted by atomic mass is 16.1. The van der Waals surface area contributed by atoms with E-state index in [0.29, 0.717) is 25.2 Å². The Kier molecular flexibility index (Phi) is 4.07. The largest absolute Gasteiger partial charge is 0.383 e. The molecule has 0 aliphatic rings. The van der Waals surface area contributed by atoms with Crippen LogP contribution in [-0.2, 0) is 11.2 Å². The molecule has 0 saturated carbocycles. The first-order chi connectivity index (χ1) is 6.74. The quantitative estimate of drug-likeness (QED) is 0.714. The fourth-order valence-electron chi connectivity index (χ4n) is 1.20. The average molecular weight is 193 g/mol. The van der Waals surface area contributed by atoms with Crippen molar-refractivity contribution in [2.24, 2.45) is 5.73 Å². The Morgan fingerprint density at radius 3 is 2.93 bits per heavy atom. The lowest BCUT2D eigenvalue weighted by Gasteiger charge is -2.02. The maximum absolute atomic E-state index is 11.4. The smallest absolute Gasteiger partial charge is 0.137 e. The van der Waals surface area contributed by atoms with Gasteiger partial charge in [0.05, 0.1) is 0 Å². The number of ketones is 1. The monoisotopic (exact) mass is 193 g/mol. The zero-order chi connectivity index (χ0) is 10.4.